The molecule has 0 aliphatic carbocycles. The Bertz CT molecular complexity index is 1010. The molecule has 0 N–H and O–H groups in total. The maximum atomic E-state index is 14.0. The van der Waals surface area contributed by atoms with E-state index in [9.17, 15) is 4.39 Å². The van der Waals surface area contributed by atoms with Crippen molar-refractivity contribution >= 4 is 0 Å². The topological polar surface area (TPSA) is 43.2 Å². The highest BCUT2D eigenvalue weighted by molar-refractivity contribution is 5.63. The number of benzene rings is 1. The number of ether oxygens (including phenoxy) is 1. The quantitative estimate of drug-likeness (QED) is 0.605. The van der Waals surface area contributed by atoms with Gasteiger partial charge in [-0.3, -0.25) is 14.6 Å². The Morgan fingerprint density at radius 1 is 1.17 bits per heavy atom. The van der Waals surface area contributed by atoms with E-state index >= 15 is 0 Å². The third-order valence-corrected chi connectivity index (χ3v) is 5.80. The Hall–Kier alpha value is -2.57. The molecule has 1 aliphatic heterocycles. The van der Waals surface area contributed by atoms with Gasteiger partial charge >= 0.3 is 0 Å². The number of morpholine rings is 1. The van der Waals surface area contributed by atoms with Crippen molar-refractivity contribution in [3.63, 3.8) is 0 Å². The van der Waals surface area contributed by atoms with Crippen LogP contribution in [0.2, 0.25) is 0 Å². The second kappa shape index (κ2) is 8.66. The first-order valence-electron chi connectivity index (χ1n) is 10.5. The van der Waals surface area contributed by atoms with Crippen LogP contribution < -0.4 is 0 Å². The van der Waals surface area contributed by atoms with Gasteiger partial charge in [0.25, 0.3) is 0 Å². The second-order valence-electron chi connectivity index (χ2n) is 8.23. The predicted octanol–water partition coefficient (Wildman–Crippen LogP) is 4.86. The molecule has 3 heterocycles. The minimum Gasteiger partial charge on any atom is -0.369 e. The Morgan fingerprint density at radius 3 is 2.63 bits per heavy atom. The van der Waals surface area contributed by atoms with Gasteiger partial charge in [0, 0.05) is 54.3 Å². The Kier molecular flexibility index (Phi) is 5.97. The van der Waals surface area contributed by atoms with E-state index in [0.717, 1.165) is 36.6 Å². The number of pyridine rings is 1. The lowest BCUT2D eigenvalue weighted by atomic mass is 10.1. The Balaban J connectivity index is 1.48. The number of hydrogen-bond donors (Lipinski definition) is 0. The zero-order valence-corrected chi connectivity index (χ0v) is 18.1. The van der Waals surface area contributed by atoms with Crippen molar-refractivity contribution in [2.75, 3.05) is 19.7 Å². The van der Waals surface area contributed by atoms with Crippen LogP contribution in [0, 0.1) is 19.7 Å². The first-order valence-corrected chi connectivity index (χ1v) is 10.5. The molecule has 0 radical (unpaired) electrons. The first-order chi connectivity index (χ1) is 14.4. The van der Waals surface area contributed by atoms with Gasteiger partial charge in [-0.15, -0.1) is 0 Å². The summed E-state index contributed by atoms with van der Waals surface area (Å²) in [6, 6.07) is 11.0. The fourth-order valence-corrected chi connectivity index (χ4v) is 4.13. The molecule has 1 aromatic carbocycles. The largest absolute Gasteiger partial charge is 0.369 e. The zero-order chi connectivity index (χ0) is 21.3. The maximum Gasteiger partial charge on any atom is 0.131 e. The molecule has 0 bridgehead atoms. The SMILES string of the molecule is Cc1nn(C(C)C)c(C)c1CN1CCOC(c2ccc(-c3ccccc3F)cn2)C1. The van der Waals surface area contributed by atoms with Crippen LogP contribution in [0.15, 0.2) is 42.6 Å². The van der Waals surface area contributed by atoms with Crippen LogP contribution in [0.1, 0.15) is 48.6 Å². The van der Waals surface area contributed by atoms with Crippen molar-refractivity contribution in [2.45, 2.75) is 46.4 Å². The van der Waals surface area contributed by atoms with E-state index in [2.05, 4.69) is 42.3 Å². The molecule has 0 spiro atoms. The summed E-state index contributed by atoms with van der Waals surface area (Å²) in [6.07, 6.45) is 1.64. The number of rotatable bonds is 5. The van der Waals surface area contributed by atoms with Gasteiger partial charge in [0.15, 0.2) is 0 Å². The molecule has 5 nitrogen and oxygen atoms in total. The van der Waals surface area contributed by atoms with Crippen LogP contribution in [0.5, 0.6) is 0 Å². The third-order valence-electron chi connectivity index (χ3n) is 5.80. The molecule has 1 fully saturated rings. The van der Waals surface area contributed by atoms with Crippen molar-refractivity contribution in [3.05, 3.63) is 71.1 Å². The summed E-state index contributed by atoms with van der Waals surface area (Å²) in [5.41, 5.74) is 5.85. The fourth-order valence-electron chi connectivity index (χ4n) is 4.13. The van der Waals surface area contributed by atoms with E-state index in [1.807, 2.05) is 18.2 Å². The van der Waals surface area contributed by atoms with Crippen molar-refractivity contribution in [1.29, 1.82) is 0 Å². The summed E-state index contributed by atoms with van der Waals surface area (Å²) in [6.45, 7) is 11.7. The van der Waals surface area contributed by atoms with Crippen molar-refractivity contribution in [2.24, 2.45) is 0 Å². The summed E-state index contributed by atoms with van der Waals surface area (Å²) in [5, 5.41) is 4.71. The standard InChI is InChI=1S/C24H29FN4O/c1-16(2)29-18(4)21(17(3)27-29)14-28-11-12-30-24(15-28)23-10-9-19(13-26-23)20-7-5-6-8-22(20)25/h5-10,13,16,24H,11-12,14-15H2,1-4H3. The van der Waals surface area contributed by atoms with Gasteiger partial charge in [0.05, 0.1) is 18.0 Å². The van der Waals surface area contributed by atoms with Crippen LogP contribution in [0.25, 0.3) is 11.1 Å². The molecule has 2 aromatic heterocycles. The molecule has 1 atom stereocenters. The Morgan fingerprint density at radius 2 is 1.97 bits per heavy atom. The van der Waals surface area contributed by atoms with E-state index in [4.69, 9.17) is 9.84 Å². The Labute approximate surface area is 177 Å². The molecular weight excluding hydrogens is 379 g/mol. The van der Waals surface area contributed by atoms with Gasteiger partial charge in [0.2, 0.25) is 0 Å². The fraction of sp³-hybridized carbons (Fsp3) is 0.417. The van der Waals surface area contributed by atoms with Crippen LogP contribution in [0.3, 0.4) is 0 Å². The van der Waals surface area contributed by atoms with Gasteiger partial charge in [-0.1, -0.05) is 24.3 Å². The van der Waals surface area contributed by atoms with Crippen molar-refractivity contribution in [1.82, 2.24) is 19.7 Å². The van der Waals surface area contributed by atoms with E-state index in [-0.39, 0.29) is 11.9 Å². The molecule has 4 rings (SSSR count). The normalized spacial score (nSPS) is 17.6. The highest BCUT2D eigenvalue weighted by Gasteiger charge is 2.25. The molecule has 1 saturated heterocycles. The summed E-state index contributed by atoms with van der Waals surface area (Å²) in [5.74, 6) is -0.236. The molecule has 158 valence electrons. The molecule has 0 saturated carbocycles. The molecule has 0 amide bonds. The molecule has 30 heavy (non-hydrogen) atoms. The lowest BCUT2D eigenvalue weighted by Crippen LogP contribution is -2.38. The molecule has 3 aromatic rings. The maximum absolute atomic E-state index is 14.0. The highest BCUT2D eigenvalue weighted by Crippen LogP contribution is 2.27. The molecular formula is C24H29FN4O. The van der Waals surface area contributed by atoms with Crippen molar-refractivity contribution in [3.8, 4) is 11.1 Å². The second-order valence-corrected chi connectivity index (χ2v) is 8.23. The minimum atomic E-state index is -0.236. The lowest BCUT2D eigenvalue weighted by molar-refractivity contribution is -0.0351. The summed E-state index contributed by atoms with van der Waals surface area (Å²) >= 11 is 0. The zero-order valence-electron chi connectivity index (χ0n) is 18.1. The number of aromatic nitrogens is 3. The number of nitrogens with zero attached hydrogens (tertiary/aromatic N) is 4. The summed E-state index contributed by atoms with van der Waals surface area (Å²) < 4.78 is 22.1. The van der Waals surface area contributed by atoms with Crippen LogP contribution in [0.4, 0.5) is 4.39 Å². The first kappa shape index (κ1) is 20.7. The molecule has 6 heteroatoms. The van der Waals surface area contributed by atoms with Gasteiger partial charge in [-0.25, -0.2) is 4.39 Å². The van der Waals surface area contributed by atoms with E-state index in [1.54, 1.807) is 18.3 Å². The highest BCUT2D eigenvalue weighted by atomic mass is 19.1. The minimum absolute atomic E-state index is 0.0887. The van der Waals surface area contributed by atoms with Crippen LogP contribution >= 0.6 is 0 Å². The lowest BCUT2D eigenvalue weighted by Gasteiger charge is -2.32. The van der Waals surface area contributed by atoms with Gasteiger partial charge < -0.3 is 4.74 Å². The average Bonchev–Trinajstić information content (AvgIpc) is 3.03. The third kappa shape index (κ3) is 4.16. The number of aryl methyl sites for hydroxylation is 1. The average molecular weight is 409 g/mol. The van der Waals surface area contributed by atoms with Crippen molar-refractivity contribution < 1.29 is 9.13 Å². The summed E-state index contributed by atoms with van der Waals surface area (Å²) in [4.78, 5) is 6.99. The monoisotopic (exact) mass is 408 g/mol. The number of hydrogen-bond acceptors (Lipinski definition) is 4. The predicted molar refractivity (Wildman–Crippen MR) is 116 cm³/mol. The van der Waals surface area contributed by atoms with Crippen LogP contribution in [-0.2, 0) is 11.3 Å². The summed E-state index contributed by atoms with van der Waals surface area (Å²) in [7, 11) is 0. The van der Waals surface area contributed by atoms with E-state index in [1.165, 1.54) is 17.3 Å². The van der Waals surface area contributed by atoms with Crippen LogP contribution in [-0.4, -0.2) is 39.4 Å². The van der Waals surface area contributed by atoms with Gasteiger partial charge in [-0.2, -0.15) is 5.10 Å². The molecule has 1 unspecified atom stereocenters. The smallest absolute Gasteiger partial charge is 0.131 e. The van der Waals surface area contributed by atoms with Gasteiger partial charge in [0.1, 0.15) is 11.9 Å². The number of halogens is 1. The van der Waals surface area contributed by atoms with E-state index in [0.29, 0.717) is 18.2 Å². The van der Waals surface area contributed by atoms with E-state index < -0.39 is 0 Å². The molecule has 1 aliphatic rings. The van der Waals surface area contributed by atoms with Gasteiger partial charge in [-0.05, 0) is 39.8 Å².